The number of fused-ring (bicyclic) bond motifs is 1. The Balaban J connectivity index is 1.64. The quantitative estimate of drug-likeness (QED) is 0.578. The van der Waals surface area contributed by atoms with Crippen molar-refractivity contribution in [2.75, 3.05) is 24.2 Å². The van der Waals surface area contributed by atoms with E-state index in [1.54, 1.807) is 4.90 Å². The second-order valence-corrected chi connectivity index (χ2v) is 11.2. The van der Waals surface area contributed by atoms with Gasteiger partial charge in [0.2, 0.25) is 15.9 Å². The van der Waals surface area contributed by atoms with Gasteiger partial charge >= 0.3 is 0 Å². The van der Waals surface area contributed by atoms with Gasteiger partial charge in [0.1, 0.15) is 0 Å². The summed E-state index contributed by atoms with van der Waals surface area (Å²) in [6, 6.07) is 14.1. The minimum atomic E-state index is -3.22. The van der Waals surface area contributed by atoms with Gasteiger partial charge in [-0.05, 0) is 55.5 Å². The highest BCUT2D eigenvalue weighted by molar-refractivity contribution is 7.88. The molecular formula is C23H27N3O3S2. The van der Waals surface area contributed by atoms with Crippen LogP contribution in [-0.2, 0) is 21.4 Å². The number of nitrogens with zero attached hydrogens (tertiary/aromatic N) is 3. The first-order valence-corrected chi connectivity index (χ1v) is 13.1. The summed E-state index contributed by atoms with van der Waals surface area (Å²) in [6.07, 6.45) is 2.28. The summed E-state index contributed by atoms with van der Waals surface area (Å²) in [4.78, 5) is 20.2. The van der Waals surface area contributed by atoms with Gasteiger partial charge in [-0.2, -0.15) is 0 Å². The summed E-state index contributed by atoms with van der Waals surface area (Å²) in [5.41, 5.74) is 4.33. The van der Waals surface area contributed by atoms with E-state index in [1.807, 2.05) is 30.3 Å². The lowest BCUT2D eigenvalue weighted by Crippen LogP contribution is -2.44. The predicted octanol–water partition coefficient (Wildman–Crippen LogP) is 4.12. The fourth-order valence-electron chi connectivity index (χ4n) is 3.94. The Bertz CT molecular complexity index is 1160. The van der Waals surface area contributed by atoms with Crippen LogP contribution in [0.3, 0.4) is 0 Å². The number of aromatic nitrogens is 1. The number of amides is 1. The minimum Gasteiger partial charge on any atom is -0.283 e. The van der Waals surface area contributed by atoms with Crippen LogP contribution in [0, 0.1) is 19.8 Å². The van der Waals surface area contributed by atoms with E-state index >= 15 is 0 Å². The van der Waals surface area contributed by atoms with Gasteiger partial charge in [-0.15, -0.1) is 0 Å². The number of aryl methyl sites for hydroxylation is 2. The molecule has 1 aliphatic heterocycles. The van der Waals surface area contributed by atoms with E-state index in [-0.39, 0.29) is 11.8 Å². The molecule has 6 nitrogen and oxygen atoms in total. The van der Waals surface area contributed by atoms with Gasteiger partial charge in [0.15, 0.2) is 5.13 Å². The van der Waals surface area contributed by atoms with E-state index in [4.69, 9.17) is 4.98 Å². The van der Waals surface area contributed by atoms with Crippen molar-refractivity contribution in [1.29, 1.82) is 0 Å². The number of anilines is 1. The highest BCUT2D eigenvalue weighted by atomic mass is 32.2. The summed E-state index contributed by atoms with van der Waals surface area (Å²) in [6.45, 7) is 5.36. The first-order valence-electron chi connectivity index (χ1n) is 10.4. The Morgan fingerprint density at radius 2 is 1.77 bits per heavy atom. The summed E-state index contributed by atoms with van der Waals surface area (Å²) in [5, 5.41) is 0.694. The molecule has 8 heteroatoms. The smallest absolute Gasteiger partial charge is 0.232 e. The first-order chi connectivity index (χ1) is 14.7. The first kappa shape index (κ1) is 21.9. The van der Waals surface area contributed by atoms with E-state index in [0.29, 0.717) is 37.6 Å². The van der Waals surface area contributed by atoms with Gasteiger partial charge in [-0.25, -0.2) is 17.7 Å². The zero-order chi connectivity index (χ0) is 22.2. The molecule has 1 saturated heterocycles. The fourth-order valence-corrected chi connectivity index (χ4v) is 5.87. The number of thiazole rings is 1. The molecule has 0 unspecified atom stereocenters. The summed E-state index contributed by atoms with van der Waals surface area (Å²) in [7, 11) is -3.22. The van der Waals surface area contributed by atoms with Crippen LogP contribution in [0.1, 0.15) is 29.5 Å². The van der Waals surface area contributed by atoms with Crippen LogP contribution in [0.2, 0.25) is 0 Å². The molecule has 4 rings (SSSR count). The Labute approximate surface area is 187 Å². The molecule has 1 fully saturated rings. The van der Waals surface area contributed by atoms with E-state index in [9.17, 15) is 13.2 Å². The Hall–Kier alpha value is -2.29. The average molecular weight is 458 g/mol. The van der Waals surface area contributed by atoms with Crippen molar-refractivity contribution >= 4 is 42.6 Å². The summed E-state index contributed by atoms with van der Waals surface area (Å²) in [5.74, 6) is -0.193. The minimum absolute atomic E-state index is 0.0181. The monoisotopic (exact) mass is 457 g/mol. The third-order valence-electron chi connectivity index (χ3n) is 5.95. The third-order valence-corrected chi connectivity index (χ3v) is 8.29. The average Bonchev–Trinajstić information content (AvgIpc) is 3.14. The van der Waals surface area contributed by atoms with Gasteiger partial charge < -0.3 is 0 Å². The molecule has 1 aromatic heterocycles. The van der Waals surface area contributed by atoms with Gasteiger partial charge in [0.25, 0.3) is 0 Å². The number of sulfonamides is 1. The molecule has 2 heterocycles. The van der Waals surface area contributed by atoms with Crippen molar-refractivity contribution < 1.29 is 13.2 Å². The second-order valence-electron chi connectivity index (χ2n) is 8.25. The summed E-state index contributed by atoms with van der Waals surface area (Å²) < 4.78 is 26.2. The number of hydrogen-bond donors (Lipinski definition) is 0. The van der Waals surface area contributed by atoms with Crippen molar-refractivity contribution in [2.45, 2.75) is 33.2 Å². The lowest BCUT2D eigenvalue weighted by molar-refractivity contribution is -0.123. The SMILES string of the molecule is Cc1cc2nc(N(Cc3ccccc3)C(=O)C3CCN(S(C)(=O)=O)CC3)sc2cc1C. The number of rotatable bonds is 5. The maximum atomic E-state index is 13.6. The van der Waals surface area contributed by atoms with E-state index in [1.165, 1.54) is 33.0 Å². The molecule has 1 aliphatic rings. The van der Waals surface area contributed by atoms with Gasteiger partial charge in [0, 0.05) is 19.0 Å². The highest BCUT2D eigenvalue weighted by Gasteiger charge is 2.33. The Morgan fingerprint density at radius 3 is 2.42 bits per heavy atom. The molecule has 2 aromatic carbocycles. The molecule has 0 aliphatic carbocycles. The highest BCUT2D eigenvalue weighted by Crippen LogP contribution is 2.33. The molecule has 0 atom stereocenters. The van der Waals surface area contributed by atoms with Gasteiger partial charge in [-0.3, -0.25) is 9.69 Å². The molecule has 0 saturated carbocycles. The van der Waals surface area contributed by atoms with E-state index in [2.05, 4.69) is 26.0 Å². The van der Waals surface area contributed by atoms with Crippen LogP contribution in [0.4, 0.5) is 5.13 Å². The standard InChI is InChI=1S/C23H27N3O3S2/c1-16-13-20-21(14-17(16)2)30-23(24-20)26(15-18-7-5-4-6-8-18)22(27)19-9-11-25(12-10-19)31(3,28)29/h4-8,13-14,19H,9-12,15H2,1-3H3. The number of carbonyl (C=O) groups is 1. The van der Waals surface area contributed by atoms with Crippen LogP contribution >= 0.6 is 11.3 Å². The fraction of sp³-hybridized carbons (Fsp3) is 0.391. The van der Waals surface area contributed by atoms with Crippen molar-refractivity contribution in [1.82, 2.24) is 9.29 Å². The lowest BCUT2D eigenvalue weighted by Gasteiger charge is -2.32. The molecule has 164 valence electrons. The number of hydrogen-bond acceptors (Lipinski definition) is 5. The molecule has 1 amide bonds. The Morgan fingerprint density at radius 1 is 1.13 bits per heavy atom. The van der Waals surface area contributed by atoms with Crippen LogP contribution in [0.15, 0.2) is 42.5 Å². The van der Waals surface area contributed by atoms with E-state index < -0.39 is 10.0 Å². The number of carbonyl (C=O) groups excluding carboxylic acids is 1. The maximum Gasteiger partial charge on any atom is 0.232 e. The normalized spacial score (nSPS) is 16.0. The molecule has 3 aromatic rings. The number of benzene rings is 2. The molecule has 0 radical (unpaired) electrons. The predicted molar refractivity (Wildman–Crippen MR) is 126 cm³/mol. The van der Waals surface area contributed by atoms with Crippen LogP contribution in [0.5, 0.6) is 0 Å². The summed E-state index contributed by atoms with van der Waals surface area (Å²) >= 11 is 1.53. The second kappa shape index (κ2) is 8.68. The van der Waals surface area contributed by atoms with Crippen molar-refractivity contribution in [3.63, 3.8) is 0 Å². The van der Waals surface area contributed by atoms with Crippen LogP contribution in [-0.4, -0.2) is 43.0 Å². The largest absolute Gasteiger partial charge is 0.283 e. The van der Waals surface area contributed by atoms with Crippen molar-refractivity contribution in [2.24, 2.45) is 5.92 Å². The van der Waals surface area contributed by atoms with E-state index in [0.717, 1.165) is 15.8 Å². The van der Waals surface area contributed by atoms with Crippen LogP contribution < -0.4 is 4.90 Å². The number of piperidine rings is 1. The van der Waals surface area contributed by atoms with Crippen molar-refractivity contribution in [3.8, 4) is 0 Å². The van der Waals surface area contributed by atoms with Crippen molar-refractivity contribution in [3.05, 3.63) is 59.2 Å². The van der Waals surface area contributed by atoms with Gasteiger partial charge in [0.05, 0.1) is 23.0 Å². The zero-order valence-electron chi connectivity index (χ0n) is 18.0. The molecule has 0 N–H and O–H groups in total. The topological polar surface area (TPSA) is 70.6 Å². The molecular weight excluding hydrogens is 430 g/mol. The van der Waals surface area contributed by atoms with Gasteiger partial charge in [-0.1, -0.05) is 41.7 Å². The molecule has 0 bridgehead atoms. The Kier molecular flexibility index (Phi) is 6.14. The molecule has 0 spiro atoms. The lowest BCUT2D eigenvalue weighted by atomic mass is 9.96. The third kappa shape index (κ3) is 4.81. The molecule has 31 heavy (non-hydrogen) atoms. The van der Waals surface area contributed by atoms with Crippen LogP contribution in [0.25, 0.3) is 10.2 Å². The zero-order valence-corrected chi connectivity index (χ0v) is 19.7. The maximum absolute atomic E-state index is 13.6.